The Morgan fingerprint density at radius 1 is 1.41 bits per heavy atom. The molecule has 8 nitrogen and oxygen atoms in total. The molecule has 0 spiro atoms. The summed E-state index contributed by atoms with van der Waals surface area (Å²) in [6.07, 6.45) is 0.200. The fourth-order valence-electron chi connectivity index (χ4n) is 1.67. The number of carboxylic acid groups (broad SMARTS) is 1. The van der Waals surface area contributed by atoms with Gasteiger partial charge in [0.2, 0.25) is 0 Å². The van der Waals surface area contributed by atoms with Crippen molar-refractivity contribution in [2.24, 2.45) is 5.41 Å². The maximum atomic E-state index is 12.1. The van der Waals surface area contributed by atoms with Gasteiger partial charge in [0.1, 0.15) is 11.3 Å². The van der Waals surface area contributed by atoms with E-state index in [-0.39, 0.29) is 24.2 Å². The van der Waals surface area contributed by atoms with E-state index < -0.39 is 22.2 Å². The normalized spacial score (nSPS) is 10.9. The molecule has 1 aromatic rings. The van der Waals surface area contributed by atoms with Crippen LogP contribution in [0.4, 0.5) is 5.69 Å². The summed E-state index contributed by atoms with van der Waals surface area (Å²) in [5.74, 6) is -1.30. The van der Waals surface area contributed by atoms with E-state index in [1.54, 1.807) is 0 Å². The standard InChI is InChI=1S/C14H18N2O6/c1-14(2,13(18)19)6-7-15-12(17)10-8-9(22-3)4-5-11(10)16(20)21/h4-5,8H,6-7H2,1-3H3,(H,15,17)(H,18,19). The van der Waals surface area contributed by atoms with E-state index in [1.165, 1.54) is 39.2 Å². The van der Waals surface area contributed by atoms with Gasteiger partial charge in [-0.1, -0.05) is 0 Å². The van der Waals surface area contributed by atoms with Crippen molar-refractivity contribution in [2.45, 2.75) is 20.3 Å². The molecule has 22 heavy (non-hydrogen) atoms. The minimum atomic E-state index is -0.992. The van der Waals surface area contributed by atoms with Crippen molar-refractivity contribution < 1.29 is 24.4 Å². The summed E-state index contributed by atoms with van der Waals surface area (Å²) < 4.78 is 4.95. The molecule has 2 N–H and O–H groups in total. The van der Waals surface area contributed by atoms with Crippen LogP contribution in [0, 0.1) is 15.5 Å². The van der Waals surface area contributed by atoms with E-state index in [9.17, 15) is 19.7 Å². The average Bonchev–Trinajstić information content (AvgIpc) is 2.45. The monoisotopic (exact) mass is 310 g/mol. The number of amides is 1. The van der Waals surface area contributed by atoms with Crippen LogP contribution in [0.25, 0.3) is 0 Å². The largest absolute Gasteiger partial charge is 0.497 e. The van der Waals surface area contributed by atoms with Crippen molar-refractivity contribution in [2.75, 3.05) is 13.7 Å². The summed E-state index contributed by atoms with van der Waals surface area (Å²) in [5.41, 5.74) is -1.46. The molecule has 0 radical (unpaired) electrons. The summed E-state index contributed by atoms with van der Waals surface area (Å²) in [4.78, 5) is 33.3. The van der Waals surface area contributed by atoms with Crippen molar-refractivity contribution >= 4 is 17.6 Å². The highest BCUT2D eigenvalue weighted by Crippen LogP contribution is 2.24. The highest BCUT2D eigenvalue weighted by molar-refractivity contribution is 5.98. The van der Waals surface area contributed by atoms with Crippen LogP contribution in [0.15, 0.2) is 18.2 Å². The Labute approximate surface area is 127 Å². The highest BCUT2D eigenvalue weighted by atomic mass is 16.6. The Kier molecular flexibility index (Phi) is 5.44. The van der Waals surface area contributed by atoms with Crippen molar-refractivity contribution in [3.63, 3.8) is 0 Å². The fraction of sp³-hybridized carbons (Fsp3) is 0.429. The van der Waals surface area contributed by atoms with Gasteiger partial charge in [-0.05, 0) is 32.4 Å². The molecule has 0 saturated carbocycles. The second kappa shape index (κ2) is 6.88. The second-order valence-corrected chi connectivity index (χ2v) is 5.34. The zero-order valence-corrected chi connectivity index (χ0v) is 12.6. The molecule has 0 aliphatic carbocycles. The Hall–Kier alpha value is -2.64. The number of benzene rings is 1. The molecule has 0 bridgehead atoms. The first-order valence-corrected chi connectivity index (χ1v) is 6.53. The Bertz CT molecular complexity index is 597. The van der Waals surface area contributed by atoms with Crippen LogP contribution in [-0.4, -0.2) is 35.6 Å². The maximum absolute atomic E-state index is 12.1. The lowest BCUT2D eigenvalue weighted by atomic mass is 9.89. The maximum Gasteiger partial charge on any atom is 0.309 e. The van der Waals surface area contributed by atoms with Crippen LogP contribution in [0.5, 0.6) is 5.75 Å². The number of nitro groups is 1. The number of hydrogen-bond donors (Lipinski definition) is 2. The van der Waals surface area contributed by atoms with E-state index >= 15 is 0 Å². The molecule has 0 aliphatic rings. The Balaban J connectivity index is 2.85. The molecular weight excluding hydrogens is 292 g/mol. The SMILES string of the molecule is COc1ccc([N+](=O)[O-])c(C(=O)NCCC(C)(C)C(=O)O)c1. The zero-order valence-electron chi connectivity index (χ0n) is 12.6. The number of nitrogens with one attached hydrogen (secondary N) is 1. The van der Waals surface area contributed by atoms with Crippen LogP contribution in [0.1, 0.15) is 30.6 Å². The molecule has 8 heteroatoms. The van der Waals surface area contributed by atoms with E-state index in [2.05, 4.69) is 5.32 Å². The number of carbonyl (C=O) groups excluding carboxylic acids is 1. The third kappa shape index (κ3) is 4.18. The Morgan fingerprint density at radius 3 is 2.55 bits per heavy atom. The molecule has 0 aromatic heterocycles. The number of hydrogen-bond acceptors (Lipinski definition) is 5. The third-order valence-electron chi connectivity index (χ3n) is 3.26. The first kappa shape index (κ1) is 17.4. The van der Waals surface area contributed by atoms with E-state index in [4.69, 9.17) is 9.84 Å². The number of ether oxygens (including phenoxy) is 1. The first-order valence-electron chi connectivity index (χ1n) is 6.53. The fourth-order valence-corrected chi connectivity index (χ4v) is 1.67. The topological polar surface area (TPSA) is 119 Å². The quantitative estimate of drug-likeness (QED) is 0.586. The van der Waals surface area contributed by atoms with Crippen molar-refractivity contribution in [3.05, 3.63) is 33.9 Å². The number of carboxylic acids is 1. The molecule has 1 amide bonds. The minimum absolute atomic E-state index is 0.0898. The second-order valence-electron chi connectivity index (χ2n) is 5.34. The molecular formula is C14H18N2O6. The third-order valence-corrected chi connectivity index (χ3v) is 3.26. The summed E-state index contributed by atoms with van der Waals surface area (Å²) >= 11 is 0. The van der Waals surface area contributed by atoms with Gasteiger partial charge in [0.25, 0.3) is 11.6 Å². The predicted molar refractivity (Wildman–Crippen MR) is 78.0 cm³/mol. The lowest BCUT2D eigenvalue weighted by molar-refractivity contribution is -0.385. The molecule has 0 unspecified atom stereocenters. The summed E-state index contributed by atoms with van der Waals surface area (Å²) in [6.45, 7) is 3.16. The number of rotatable bonds is 7. The van der Waals surface area contributed by atoms with Gasteiger partial charge in [-0.3, -0.25) is 19.7 Å². The minimum Gasteiger partial charge on any atom is -0.497 e. The van der Waals surface area contributed by atoms with Crippen molar-refractivity contribution in [1.29, 1.82) is 0 Å². The van der Waals surface area contributed by atoms with E-state index in [1.807, 2.05) is 0 Å². The smallest absolute Gasteiger partial charge is 0.309 e. The molecule has 0 heterocycles. The zero-order chi connectivity index (χ0) is 16.9. The lowest BCUT2D eigenvalue weighted by Gasteiger charge is -2.18. The number of aliphatic carboxylic acids is 1. The number of carbonyl (C=O) groups is 2. The van der Waals surface area contributed by atoms with Crippen molar-refractivity contribution in [3.8, 4) is 5.75 Å². The van der Waals surface area contributed by atoms with E-state index in [0.717, 1.165) is 0 Å². The Morgan fingerprint density at radius 2 is 2.05 bits per heavy atom. The summed E-state index contributed by atoms with van der Waals surface area (Å²) in [7, 11) is 1.39. The number of methoxy groups -OCH3 is 1. The van der Waals surface area contributed by atoms with Gasteiger partial charge in [0.15, 0.2) is 0 Å². The van der Waals surface area contributed by atoms with Crippen LogP contribution >= 0.6 is 0 Å². The molecule has 0 atom stereocenters. The first-order chi connectivity index (χ1) is 10.2. The van der Waals surface area contributed by atoms with Gasteiger partial charge < -0.3 is 15.2 Å². The number of nitrogens with zero attached hydrogens (tertiary/aromatic N) is 1. The van der Waals surface area contributed by atoms with Crippen LogP contribution < -0.4 is 10.1 Å². The average molecular weight is 310 g/mol. The lowest BCUT2D eigenvalue weighted by Crippen LogP contribution is -2.32. The van der Waals surface area contributed by atoms with E-state index in [0.29, 0.717) is 5.75 Å². The van der Waals surface area contributed by atoms with Crippen molar-refractivity contribution in [1.82, 2.24) is 5.32 Å². The van der Waals surface area contributed by atoms with Crippen LogP contribution in [0.2, 0.25) is 0 Å². The summed E-state index contributed by atoms with van der Waals surface area (Å²) in [6, 6.07) is 3.85. The van der Waals surface area contributed by atoms with Gasteiger partial charge in [0.05, 0.1) is 17.4 Å². The van der Waals surface area contributed by atoms with Gasteiger partial charge in [-0.25, -0.2) is 0 Å². The molecule has 1 rings (SSSR count). The van der Waals surface area contributed by atoms with Gasteiger partial charge in [0, 0.05) is 12.6 Å². The molecule has 0 saturated heterocycles. The van der Waals surface area contributed by atoms with Gasteiger partial charge >= 0.3 is 5.97 Å². The molecule has 0 fully saturated rings. The van der Waals surface area contributed by atoms with Crippen LogP contribution in [0.3, 0.4) is 0 Å². The summed E-state index contributed by atoms with van der Waals surface area (Å²) in [5, 5.41) is 22.4. The molecule has 0 aliphatic heterocycles. The van der Waals surface area contributed by atoms with Gasteiger partial charge in [-0.15, -0.1) is 0 Å². The predicted octanol–water partition coefficient (Wildman–Crippen LogP) is 1.83. The van der Waals surface area contributed by atoms with Gasteiger partial charge in [-0.2, -0.15) is 0 Å². The van der Waals surface area contributed by atoms with Crippen LogP contribution in [-0.2, 0) is 4.79 Å². The number of nitro benzene ring substituents is 1. The molecule has 120 valence electrons. The highest BCUT2D eigenvalue weighted by Gasteiger charge is 2.27. The molecule has 1 aromatic carbocycles.